The van der Waals surface area contributed by atoms with Crippen LogP contribution in [0.25, 0.3) is 17.6 Å². The molecule has 3 rings (SSSR count). The molecule has 0 bridgehead atoms. The third-order valence-corrected chi connectivity index (χ3v) is 2.31. The normalized spacial score (nSPS) is 13.5. The van der Waals surface area contributed by atoms with Crippen LogP contribution in [0.5, 0.6) is 0 Å². The van der Waals surface area contributed by atoms with Gasteiger partial charge in [0.1, 0.15) is 0 Å². The maximum atomic E-state index is 4.21. The van der Waals surface area contributed by atoms with E-state index in [0.717, 1.165) is 12.2 Å². The fourth-order valence-electron chi connectivity index (χ4n) is 1.70. The van der Waals surface area contributed by atoms with Crippen molar-refractivity contribution in [3.63, 3.8) is 0 Å². The highest BCUT2D eigenvalue weighted by atomic mass is 15.3. The van der Waals surface area contributed by atoms with Gasteiger partial charge in [-0.2, -0.15) is 5.10 Å². The highest BCUT2D eigenvalue weighted by Gasteiger charge is 2.09. The van der Waals surface area contributed by atoms with Gasteiger partial charge in [-0.05, 0) is 24.3 Å². The number of allylic oxidation sites excluding steroid dienone is 1. The molecule has 0 aromatic carbocycles. The standard InChI is InChI=1S/C10H9N3/c1-3-9-10-4-5-11-13(10)8-2-7-12(9)6-1/h1-6,8H,7H2. The molecule has 0 spiro atoms. The van der Waals surface area contributed by atoms with Crippen LogP contribution in [0.3, 0.4) is 0 Å². The summed E-state index contributed by atoms with van der Waals surface area (Å²) in [6, 6.07) is 6.20. The van der Waals surface area contributed by atoms with E-state index in [2.05, 4.69) is 34.1 Å². The molecule has 64 valence electrons. The summed E-state index contributed by atoms with van der Waals surface area (Å²) in [5.41, 5.74) is 2.38. The molecule has 0 radical (unpaired) electrons. The number of rotatable bonds is 0. The summed E-state index contributed by atoms with van der Waals surface area (Å²) < 4.78 is 4.11. The smallest absolute Gasteiger partial charge is 0.0898 e. The maximum Gasteiger partial charge on any atom is 0.0898 e. The van der Waals surface area contributed by atoms with Gasteiger partial charge in [-0.1, -0.05) is 0 Å². The molecule has 0 saturated heterocycles. The molecule has 0 atom stereocenters. The van der Waals surface area contributed by atoms with Crippen molar-refractivity contribution in [2.75, 3.05) is 0 Å². The highest BCUT2D eigenvalue weighted by Crippen LogP contribution is 2.22. The molecule has 0 unspecified atom stereocenters. The van der Waals surface area contributed by atoms with Gasteiger partial charge in [0.25, 0.3) is 0 Å². The van der Waals surface area contributed by atoms with Gasteiger partial charge in [0.15, 0.2) is 0 Å². The Kier molecular flexibility index (Phi) is 1.22. The summed E-state index contributed by atoms with van der Waals surface area (Å²) >= 11 is 0. The van der Waals surface area contributed by atoms with Crippen LogP contribution < -0.4 is 0 Å². The van der Waals surface area contributed by atoms with Gasteiger partial charge in [-0.25, -0.2) is 4.68 Å². The topological polar surface area (TPSA) is 22.8 Å². The minimum absolute atomic E-state index is 0.922. The van der Waals surface area contributed by atoms with Gasteiger partial charge < -0.3 is 4.57 Å². The SMILES string of the molecule is C1=Cn2nccc2-c2cccn2C1. The van der Waals surface area contributed by atoms with E-state index >= 15 is 0 Å². The lowest BCUT2D eigenvalue weighted by molar-refractivity contribution is 0.844. The molecule has 1 aliphatic rings. The van der Waals surface area contributed by atoms with E-state index in [-0.39, 0.29) is 0 Å². The quantitative estimate of drug-likeness (QED) is 0.593. The predicted octanol–water partition coefficient (Wildman–Crippen LogP) is 1.84. The third-order valence-electron chi connectivity index (χ3n) is 2.31. The third kappa shape index (κ3) is 0.869. The molecule has 0 saturated carbocycles. The Labute approximate surface area is 75.9 Å². The first-order valence-electron chi connectivity index (χ1n) is 4.31. The van der Waals surface area contributed by atoms with Crippen LogP contribution >= 0.6 is 0 Å². The van der Waals surface area contributed by atoms with Crippen molar-refractivity contribution >= 4 is 6.20 Å². The molecule has 0 amide bonds. The molecule has 2 aromatic heterocycles. The van der Waals surface area contributed by atoms with Gasteiger partial charge in [-0.15, -0.1) is 0 Å². The van der Waals surface area contributed by atoms with E-state index in [1.165, 1.54) is 5.69 Å². The molecular formula is C10H9N3. The molecule has 3 nitrogen and oxygen atoms in total. The molecule has 2 aromatic rings. The average Bonchev–Trinajstić information content (AvgIpc) is 2.72. The van der Waals surface area contributed by atoms with Gasteiger partial charge in [-0.3, -0.25) is 0 Å². The summed E-state index contributed by atoms with van der Waals surface area (Å²) in [7, 11) is 0. The van der Waals surface area contributed by atoms with Crippen LogP contribution in [0.4, 0.5) is 0 Å². The molecule has 3 heteroatoms. The van der Waals surface area contributed by atoms with Crippen molar-refractivity contribution in [3.8, 4) is 11.4 Å². The Morgan fingerprint density at radius 3 is 3.23 bits per heavy atom. The number of aromatic nitrogens is 3. The van der Waals surface area contributed by atoms with Crippen LogP contribution in [0, 0.1) is 0 Å². The van der Waals surface area contributed by atoms with Crippen LogP contribution in [-0.2, 0) is 6.54 Å². The van der Waals surface area contributed by atoms with Crippen molar-refractivity contribution in [3.05, 3.63) is 36.7 Å². The molecule has 3 heterocycles. The van der Waals surface area contributed by atoms with Crippen LogP contribution in [0.1, 0.15) is 0 Å². The van der Waals surface area contributed by atoms with E-state index < -0.39 is 0 Å². The number of nitrogens with zero attached hydrogens (tertiary/aromatic N) is 3. The Morgan fingerprint density at radius 1 is 1.23 bits per heavy atom. The highest BCUT2D eigenvalue weighted by molar-refractivity contribution is 5.59. The summed E-state index contributed by atoms with van der Waals surface area (Å²) in [5, 5.41) is 4.21. The molecule has 0 aliphatic carbocycles. The largest absolute Gasteiger partial charge is 0.342 e. The van der Waals surface area contributed by atoms with Crippen molar-refractivity contribution in [2.45, 2.75) is 6.54 Å². The minimum Gasteiger partial charge on any atom is -0.342 e. The first-order chi connectivity index (χ1) is 6.45. The Bertz CT molecular complexity index is 462. The fourth-order valence-corrected chi connectivity index (χ4v) is 1.70. The Hall–Kier alpha value is -1.77. The van der Waals surface area contributed by atoms with E-state index in [9.17, 15) is 0 Å². The van der Waals surface area contributed by atoms with Crippen LogP contribution in [0.2, 0.25) is 0 Å². The summed E-state index contributed by atoms with van der Waals surface area (Å²) in [4.78, 5) is 0. The molecule has 0 fully saturated rings. The van der Waals surface area contributed by atoms with Crippen molar-refractivity contribution in [1.82, 2.24) is 14.3 Å². The van der Waals surface area contributed by atoms with E-state index in [1.54, 1.807) is 0 Å². The van der Waals surface area contributed by atoms with Gasteiger partial charge in [0.05, 0.1) is 17.6 Å². The van der Waals surface area contributed by atoms with Crippen molar-refractivity contribution in [1.29, 1.82) is 0 Å². The van der Waals surface area contributed by atoms with E-state index in [1.807, 2.05) is 23.1 Å². The number of hydrogen-bond donors (Lipinski definition) is 0. The van der Waals surface area contributed by atoms with E-state index in [0.29, 0.717) is 0 Å². The zero-order chi connectivity index (χ0) is 8.67. The Balaban J connectivity index is 2.34. The maximum absolute atomic E-state index is 4.21. The zero-order valence-corrected chi connectivity index (χ0v) is 7.09. The zero-order valence-electron chi connectivity index (χ0n) is 7.09. The fraction of sp³-hybridized carbons (Fsp3) is 0.100. The van der Waals surface area contributed by atoms with Crippen LogP contribution in [0.15, 0.2) is 36.7 Å². The van der Waals surface area contributed by atoms with Crippen LogP contribution in [-0.4, -0.2) is 14.3 Å². The molecule has 13 heavy (non-hydrogen) atoms. The predicted molar refractivity (Wildman–Crippen MR) is 51.0 cm³/mol. The summed E-state index contributed by atoms with van der Waals surface area (Å²) in [6.07, 6.45) is 8.01. The average molecular weight is 171 g/mol. The monoisotopic (exact) mass is 171 g/mol. The minimum atomic E-state index is 0.922. The van der Waals surface area contributed by atoms with Gasteiger partial charge >= 0.3 is 0 Å². The second-order valence-corrected chi connectivity index (χ2v) is 3.09. The van der Waals surface area contributed by atoms with Crippen molar-refractivity contribution < 1.29 is 0 Å². The lowest BCUT2D eigenvalue weighted by atomic mass is 10.3. The van der Waals surface area contributed by atoms with Gasteiger partial charge in [0.2, 0.25) is 0 Å². The lowest BCUT2D eigenvalue weighted by Crippen LogP contribution is -1.95. The number of fused-ring (bicyclic) bond motifs is 3. The second-order valence-electron chi connectivity index (χ2n) is 3.09. The van der Waals surface area contributed by atoms with Gasteiger partial charge in [0, 0.05) is 18.9 Å². The first-order valence-corrected chi connectivity index (χ1v) is 4.31. The lowest BCUT2D eigenvalue weighted by Gasteiger charge is -2.02. The second kappa shape index (κ2) is 2.36. The number of hydrogen-bond acceptors (Lipinski definition) is 1. The molecule has 0 N–H and O–H groups in total. The Morgan fingerprint density at radius 2 is 2.23 bits per heavy atom. The van der Waals surface area contributed by atoms with E-state index in [4.69, 9.17) is 0 Å². The van der Waals surface area contributed by atoms with Crippen molar-refractivity contribution in [2.24, 2.45) is 0 Å². The molecular weight excluding hydrogens is 162 g/mol. The first kappa shape index (κ1) is 6.71. The summed E-state index contributed by atoms with van der Waals surface area (Å²) in [5.74, 6) is 0. The molecule has 1 aliphatic heterocycles. The summed E-state index contributed by atoms with van der Waals surface area (Å²) in [6.45, 7) is 0.922.